The lowest BCUT2D eigenvalue weighted by atomic mass is 10.3. The minimum Gasteiger partial charge on any atom is -0.320 e. The molecular formula is C11H14BrN3. The van der Waals surface area contributed by atoms with Gasteiger partial charge in [-0.25, -0.2) is 4.98 Å². The molecule has 0 bridgehead atoms. The number of nitrogens with one attached hydrogen (secondary N) is 1. The van der Waals surface area contributed by atoms with E-state index in [0.717, 1.165) is 29.8 Å². The van der Waals surface area contributed by atoms with E-state index >= 15 is 0 Å². The van der Waals surface area contributed by atoms with Gasteiger partial charge in [-0.3, -0.25) is 0 Å². The van der Waals surface area contributed by atoms with E-state index in [1.54, 1.807) is 0 Å². The van der Waals surface area contributed by atoms with Gasteiger partial charge in [-0.15, -0.1) is 0 Å². The zero-order valence-corrected chi connectivity index (χ0v) is 10.3. The first-order valence-electron chi connectivity index (χ1n) is 5.07. The fourth-order valence-corrected chi connectivity index (χ4v) is 2.27. The smallest absolute Gasteiger partial charge is 0.140 e. The van der Waals surface area contributed by atoms with Crippen LogP contribution < -0.4 is 5.32 Å². The molecule has 0 unspecified atom stereocenters. The highest BCUT2D eigenvalue weighted by Crippen LogP contribution is 2.22. The first-order valence-corrected chi connectivity index (χ1v) is 5.86. The number of aryl methyl sites for hydroxylation is 1. The summed E-state index contributed by atoms with van der Waals surface area (Å²) in [6.45, 7) is 2.01. The van der Waals surface area contributed by atoms with Crippen molar-refractivity contribution < 1.29 is 0 Å². The van der Waals surface area contributed by atoms with Crippen LogP contribution in [0.15, 0.2) is 29.0 Å². The van der Waals surface area contributed by atoms with Crippen molar-refractivity contribution in [1.29, 1.82) is 0 Å². The molecule has 2 rings (SSSR count). The predicted octanol–water partition coefficient (Wildman–Crippen LogP) is 2.41. The lowest BCUT2D eigenvalue weighted by Gasteiger charge is -2.05. The predicted molar refractivity (Wildman–Crippen MR) is 66.0 cm³/mol. The molecule has 0 saturated heterocycles. The van der Waals surface area contributed by atoms with Crippen molar-refractivity contribution in [3.63, 3.8) is 0 Å². The van der Waals surface area contributed by atoms with Crippen LogP contribution in [-0.4, -0.2) is 23.1 Å². The van der Waals surface area contributed by atoms with E-state index in [4.69, 9.17) is 0 Å². The summed E-state index contributed by atoms with van der Waals surface area (Å²) in [5.41, 5.74) is 1.06. The van der Waals surface area contributed by atoms with Crippen molar-refractivity contribution in [2.24, 2.45) is 0 Å². The highest BCUT2D eigenvalue weighted by molar-refractivity contribution is 9.10. The number of aromatic nitrogens is 2. The van der Waals surface area contributed by atoms with Crippen molar-refractivity contribution in [3.8, 4) is 0 Å². The number of fused-ring (bicyclic) bond motifs is 1. The molecule has 0 radical (unpaired) electrons. The summed E-state index contributed by atoms with van der Waals surface area (Å²) in [6, 6.07) is 6.16. The molecule has 0 fully saturated rings. The average molecular weight is 268 g/mol. The Labute approximate surface area is 97.6 Å². The monoisotopic (exact) mass is 267 g/mol. The largest absolute Gasteiger partial charge is 0.320 e. The summed E-state index contributed by atoms with van der Waals surface area (Å²) in [7, 11) is 1.97. The van der Waals surface area contributed by atoms with Gasteiger partial charge in [0.15, 0.2) is 0 Å². The molecule has 15 heavy (non-hydrogen) atoms. The Hall–Kier alpha value is -0.870. The Kier molecular flexibility index (Phi) is 3.38. The highest BCUT2D eigenvalue weighted by Gasteiger charge is 2.06. The topological polar surface area (TPSA) is 29.9 Å². The molecule has 3 nitrogen and oxygen atoms in total. The van der Waals surface area contributed by atoms with E-state index in [9.17, 15) is 0 Å². The maximum atomic E-state index is 4.39. The lowest BCUT2D eigenvalue weighted by molar-refractivity contribution is 0.617. The van der Waals surface area contributed by atoms with Crippen molar-refractivity contribution in [1.82, 2.24) is 14.9 Å². The first-order chi connectivity index (χ1) is 7.33. The summed E-state index contributed by atoms with van der Waals surface area (Å²) in [6.07, 6.45) is 2.94. The minimum atomic E-state index is 0.988. The van der Waals surface area contributed by atoms with Crippen LogP contribution in [0.5, 0.6) is 0 Å². The second-order valence-corrected chi connectivity index (χ2v) is 4.30. The first kappa shape index (κ1) is 10.6. The molecule has 0 aliphatic rings. The van der Waals surface area contributed by atoms with Gasteiger partial charge in [0.2, 0.25) is 0 Å². The Morgan fingerprint density at radius 3 is 3.20 bits per heavy atom. The van der Waals surface area contributed by atoms with Gasteiger partial charge in [-0.05, 0) is 54.1 Å². The van der Waals surface area contributed by atoms with Crippen LogP contribution in [0.25, 0.3) is 11.0 Å². The van der Waals surface area contributed by atoms with Gasteiger partial charge in [0.05, 0.1) is 4.60 Å². The van der Waals surface area contributed by atoms with Gasteiger partial charge in [-0.2, -0.15) is 0 Å². The normalized spacial score (nSPS) is 11.1. The van der Waals surface area contributed by atoms with E-state index in [0.29, 0.717) is 0 Å². The Morgan fingerprint density at radius 2 is 2.40 bits per heavy atom. The average Bonchev–Trinajstić information content (AvgIpc) is 2.56. The van der Waals surface area contributed by atoms with Crippen molar-refractivity contribution >= 4 is 27.0 Å². The molecule has 0 aliphatic heterocycles. The Balaban J connectivity index is 2.28. The van der Waals surface area contributed by atoms with E-state index in [1.807, 2.05) is 19.3 Å². The van der Waals surface area contributed by atoms with E-state index in [2.05, 4.69) is 42.9 Å². The van der Waals surface area contributed by atoms with Gasteiger partial charge < -0.3 is 9.88 Å². The van der Waals surface area contributed by atoms with Gasteiger partial charge in [-0.1, -0.05) is 0 Å². The number of nitrogens with zero attached hydrogens (tertiary/aromatic N) is 2. The Morgan fingerprint density at radius 1 is 1.53 bits per heavy atom. The molecule has 80 valence electrons. The number of rotatable bonds is 4. The van der Waals surface area contributed by atoms with Crippen LogP contribution in [-0.2, 0) is 6.54 Å². The zero-order valence-electron chi connectivity index (χ0n) is 8.70. The molecule has 2 aromatic heterocycles. The standard InChI is InChI=1S/C11H14BrN3/c1-13-5-3-7-15-10(12)8-9-4-2-6-14-11(9)15/h2,4,6,8,13H,3,5,7H2,1H3. The number of hydrogen-bond donors (Lipinski definition) is 1. The van der Waals surface area contributed by atoms with Crippen LogP contribution in [0.4, 0.5) is 0 Å². The molecule has 0 saturated carbocycles. The fraction of sp³-hybridized carbons (Fsp3) is 0.364. The second kappa shape index (κ2) is 4.77. The third-order valence-corrected chi connectivity index (χ3v) is 3.07. The summed E-state index contributed by atoms with van der Waals surface area (Å²) in [4.78, 5) is 4.39. The quantitative estimate of drug-likeness (QED) is 0.863. The molecule has 0 aliphatic carbocycles. The molecule has 2 aromatic rings. The molecule has 0 atom stereocenters. The fourth-order valence-electron chi connectivity index (χ4n) is 1.68. The molecule has 0 amide bonds. The van der Waals surface area contributed by atoms with E-state index in [-0.39, 0.29) is 0 Å². The summed E-state index contributed by atoms with van der Waals surface area (Å²) >= 11 is 3.56. The SMILES string of the molecule is CNCCCn1c(Br)cc2cccnc21. The van der Waals surface area contributed by atoms with Crippen LogP contribution in [0, 0.1) is 0 Å². The van der Waals surface area contributed by atoms with Gasteiger partial charge in [0.25, 0.3) is 0 Å². The summed E-state index contributed by atoms with van der Waals surface area (Å²) in [5.74, 6) is 0. The van der Waals surface area contributed by atoms with Gasteiger partial charge in [0, 0.05) is 18.1 Å². The minimum absolute atomic E-state index is 0.988. The maximum Gasteiger partial charge on any atom is 0.140 e. The molecule has 2 heterocycles. The van der Waals surface area contributed by atoms with Crippen LogP contribution >= 0.6 is 15.9 Å². The molecular weight excluding hydrogens is 254 g/mol. The van der Waals surface area contributed by atoms with Crippen LogP contribution in [0.2, 0.25) is 0 Å². The van der Waals surface area contributed by atoms with Crippen molar-refractivity contribution in [3.05, 3.63) is 29.0 Å². The Bertz CT molecular complexity index is 450. The summed E-state index contributed by atoms with van der Waals surface area (Å²) in [5, 5.41) is 4.34. The van der Waals surface area contributed by atoms with Gasteiger partial charge in [0.1, 0.15) is 5.65 Å². The van der Waals surface area contributed by atoms with E-state index in [1.165, 1.54) is 5.39 Å². The maximum absolute atomic E-state index is 4.39. The number of hydrogen-bond acceptors (Lipinski definition) is 2. The summed E-state index contributed by atoms with van der Waals surface area (Å²) < 4.78 is 3.31. The second-order valence-electron chi connectivity index (χ2n) is 3.49. The number of halogens is 1. The van der Waals surface area contributed by atoms with Gasteiger partial charge >= 0.3 is 0 Å². The molecule has 4 heteroatoms. The zero-order chi connectivity index (χ0) is 10.7. The van der Waals surface area contributed by atoms with Crippen molar-refractivity contribution in [2.75, 3.05) is 13.6 Å². The lowest BCUT2D eigenvalue weighted by Crippen LogP contribution is -2.11. The molecule has 0 aromatic carbocycles. The van der Waals surface area contributed by atoms with Crippen molar-refractivity contribution in [2.45, 2.75) is 13.0 Å². The molecule has 1 N–H and O–H groups in total. The number of pyridine rings is 1. The van der Waals surface area contributed by atoms with E-state index < -0.39 is 0 Å². The molecule has 0 spiro atoms. The third kappa shape index (κ3) is 2.21. The van der Waals surface area contributed by atoms with Crippen LogP contribution in [0.1, 0.15) is 6.42 Å². The third-order valence-electron chi connectivity index (χ3n) is 2.41. The van der Waals surface area contributed by atoms with Crippen LogP contribution in [0.3, 0.4) is 0 Å². The highest BCUT2D eigenvalue weighted by atomic mass is 79.9.